The standard InChI is InChI=1S/C21H18N2O5/c1-14(24)16-5-7-18(8-6-16)23-20(25)13-28-21(26)17(12-22)11-15-3-9-19(27-2)10-4-15/h3-11H,13H2,1-2H3,(H,23,25)/b17-11+. The second-order valence-corrected chi connectivity index (χ2v) is 5.70. The second-order valence-electron chi connectivity index (χ2n) is 5.70. The third-order valence-electron chi connectivity index (χ3n) is 3.68. The molecule has 0 saturated heterocycles. The molecule has 7 nitrogen and oxygen atoms in total. The van der Waals surface area contributed by atoms with E-state index in [1.54, 1.807) is 54.6 Å². The van der Waals surface area contributed by atoms with E-state index in [1.807, 2.05) is 0 Å². The number of carbonyl (C=O) groups is 3. The smallest absolute Gasteiger partial charge is 0.349 e. The van der Waals surface area contributed by atoms with E-state index in [9.17, 15) is 14.4 Å². The molecule has 1 amide bonds. The van der Waals surface area contributed by atoms with E-state index in [-0.39, 0.29) is 11.4 Å². The second kappa shape index (κ2) is 9.69. The van der Waals surface area contributed by atoms with Gasteiger partial charge in [-0.05, 0) is 55.0 Å². The monoisotopic (exact) mass is 378 g/mol. The highest BCUT2D eigenvalue weighted by Crippen LogP contribution is 2.14. The SMILES string of the molecule is COc1ccc(/C=C(\C#N)C(=O)OCC(=O)Nc2ccc(C(C)=O)cc2)cc1. The predicted octanol–water partition coefficient (Wildman–Crippen LogP) is 2.99. The van der Waals surface area contributed by atoms with Gasteiger partial charge in [-0.2, -0.15) is 5.26 Å². The van der Waals surface area contributed by atoms with Gasteiger partial charge in [-0.15, -0.1) is 0 Å². The lowest BCUT2D eigenvalue weighted by Crippen LogP contribution is -2.21. The van der Waals surface area contributed by atoms with E-state index in [1.165, 1.54) is 20.1 Å². The van der Waals surface area contributed by atoms with Crippen LogP contribution in [0.25, 0.3) is 6.08 Å². The number of hydrogen-bond donors (Lipinski definition) is 1. The highest BCUT2D eigenvalue weighted by molar-refractivity contribution is 6.00. The molecular formula is C21H18N2O5. The Kier molecular flexibility index (Phi) is 7.06. The fourth-order valence-electron chi connectivity index (χ4n) is 2.20. The number of amides is 1. The fourth-order valence-corrected chi connectivity index (χ4v) is 2.20. The molecule has 0 aliphatic rings. The summed E-state index contributed by atoms with van der Waals surface area (Å²) in [6, 6.07) is 14.8. The van der Waals surface area contributed by atoms with Gasteiger partial charge in [-0.25, -0.2) is 4.79 Å². The third-order valence-corrected chi connectivity index (χ3v) is 3.68. The number of methoxy groups -OCH3 is 1. The molecule has 2 rings (SSSR count). The molecule has 0 aromatic heterocycles. The molecule has 7 heteroatoms. The van der Waals surface area contributed by atoms with Crippen LogP contribution < -0.4 is 10.1 Å². The summed E-state index contributed by atoms with van der Waals surface area (Å²) in [5.41, 5.74) is 1.36. The van der Waals surface area contributed by atoms with Gasteiger partial charge in [0, 0.05) is 11.3 Å². The molecule has 0 bridgehead atoms. The van der Waals surface area contributed by atoms with Crippen LogP contribution in [0.4, 0.5) is 5.69 Å². The van der Waals surface area contributed by atoms with E-state index in [0.29, 0.717) is 22.6 Å². The Hall–Kier alpha value is -3.92. The summed E-state index contributed by atoms with van der Waals surface area (Å²) in [5.74, 6) is -0.906. The van der Waals surface area contributed by atoms with Crippen molar-refractivity contribution < 1.29 is 23.9 Å². The zero-order chi connectivity index (χ0) is 20.5. The number of ether oxygens (including phenoxy) is 2. The highest BCUT2D eigenvalue weighted by atomic mass is 16.5. The largest absolute Gasteiger partial charge is 0.497 e. The van der Waals surface area contributed by atoms with Gasteiger partial charge in [0.25, 0.3) is 5.91 Å². The van der Waals surface area contributed by atoms with Gasteiger partial charge < -0.3 is 14.8 Å². The number of nitriles is 1. The van der Waals surface area contributed by atoms with Gasteiger partial charge in [0.15, 0.2) is 12.4 Å². The number of nitrogens with one attached hydrogen (secondary N) is 1. The van der Waals surface area contributed by atoms with Gasteiger partial charge in [0.1, 0.15) is 17.4 Å². The van der Waals surface area contributed by atoms with Crippen molar-refractivity contribution in [3.8, 4) is 11.8 Å². The zero-order valence-corrected chi connectivity index (χ0v) is 15.4. The molecule has 0 atom stereocenters. The first kappa shape index (κ1) is 20.4. The van der Waals surface area contributed by atoms with Crippen molar-refractivity contribution >= 4 is 29.4 Å². The molecule has 2 aromatic carbocycles. The number of Topliss-reactive ketones (excluding diaryl/α,β-unsaturated/α-hetero) is 1. The van der Waals surface area contributed by atoms with E-state index < -0.39 is 18.5 Å². The molecule has 28 heavy (non-hydrogen) atoms. The maximum atomic E-state index is 12.0. The van der Waals surface area contributed by atoms with Crippen LogP contribution in [-0.2, 0) is 14.3 Å². The first-order valence-electron chi connectivity index (χ1n) is 8.26. The number of rotatable bonds is 7. The molecule has 0 aliphatic heterocycles. The molecule has 0 saturated carbocycles. The van der Waals surface area contributed by atoms with Gasteiger partial charge >= 0.3 is 5.97 Å². The van der Waals surface area contributed by atoms with Crippen LogP contribution in [0.15, 0.2) is 54.1 Å². The number of hydrogen-bond acceptors (Lipinski definition) is 6. The summed E-state index contributed by atoms with van der Waals surface area (Å²) < 4.78 is 9.93. The van der Waals surface area contributed by atoms with Gasteiger partial charge in [-0.1, -0.05) is 12.1 Å². The lowest BCUT2D eigenvalue weighted by atomic mass is 10.1. The number of anilines is 1. The molecule has 0 radical (unpaired) electrons. The minimum absolute atomic E-state index is 0.0838. The molecule has 0 fully saturated rings. The van der Waals surface area contributed by atoms with Crippen LogP contribution >= 0.6 is 0 Å². The van der Waals surface area contributed by atoms with Crippen LogP contribution in [0.2, 0.25) is 0 Å². The van der Waals surface area contributed by atoms with Crippen LogP contribution in [0.3, 0.4) is 0 Å². The number of ketones is 1. The summed E-state index contributed by atoms with van der Waals surface area (Å²) in [6.45, 7) is 0.897. The fraction of sp³-hybridized carbons (Fsp3) is 0.143. The Morgan fingerprint density at radius 2 is 1.71 bits per heavy atom. The first-order valence-corrected chi connectivity index (χ1v) is 8.26. The van der Waals surface area contributed by atoms with Crippen LogP contribution in [0, 0.1) is 11.3 Å². The van der Waals surface area contributed by atoms with Crippen molar-refractivity contribution in [2.24, 2.45) is 0 Å². The van der Waals surface area contributed by atoms with E-state index in [4.69, 9.17) is 14.7 Å². The quantitative estimate of drug-likeness (QED) is 0.344. The minimum Gasteiger partial charge on any atom is -0.497 e. The Balaban J connectivity index is 1.93. The first-order chi connectivity index (χ1) is 13.4. The van der Waals surface area contributed by atoms with Crippen molar-refractivity contribution in [2.45, 2.75) is 6.92 Å². The predicted molar refractivity (Wildman–Crippen MR) is 103 cm³/mol. The molecule has 0 heterocycles. The van der Waals surface area contributed by atoms with E-state index >= 15 is 0 Å². The molecule has 2 aromatic rings. The van der Waals surface area contributed by atoms with Crippen molar-refractivity contribution in [2.75, 3.05) is 19.0 Å². The Morgan fingerprint density at radius 3 is 2.25 bits per heavy atom. The average Bonchev–Trinajstić information content (AvgIpc) is 2.71. The van der Waals surface area contributed by atoms with Gasteiger partial charge in [0.05, 0.1) is 7.11 Å². The maximum absolute atomic E-state index is 12.0. The minimum atomic E-state index is -0.902. The average molecular weight is 378 g/mol. The molecular weight excluding hydrogens is 360 g/mol. The lowest BCUT2D eigenvalue weighted by molar-refractivity contribution is -0.142. The molecule has 0 spiro atoms. The molecule has 142 valence electrons. The highest BCUT2D eigenvalue weighted by Gasteiger charge is 2.13. The summed E-state index contributed by atoms with van der Waals surface area (Å²) in [7, 11) is 1.53. The normalized spacial score (nSPS) is 10.5. The van der Waals surface area contributed by atoms with Gasteiger partial charge in [0.2, 0.25) is 0 Å². The number of benzene rings is 2. The third kappa shape index (κ3) is 5.81. The van der Waals surface area contributed by atoms with Crippen molar-refractivity contribution in [1.29, 1.82) is 5.26 Å². The van der Waals surface area contributed by atoms with Crippen molar-refractivity contribution in [3.63, 3.8) is 0 Å². The number of nitrogens with zero attached hydrogens (tertiary/aromatic N) is 1. The maximum Gasteiger partial charge on any atom is 0.349 e. The number of carbonyl (C=O) groups excluding carboxylic acids is 3. The zero-order valence-electron chi connectivity index (χ0n) is 15.4. The van der Waals surface area contributed by atoms with Crippen LogP contribution in [0.5, 0.6) is 5.75 Å². The Morgan fingerprint density at radius 1 is 1.07 bits per heavy atom. The summed E-state index contributed by atoms with van der Waals surface area (Å²) in [4.78, 5) is 35.2. The Labute approximate surface area is 162 Å². The molecule has 0 aliphatic carbocycles. The van der Waals surface area contributed by atoms with Crippen LogP contribution in [-0.4, -0.2) is 31.4 Å². The lowest BCUT2D eigenvalue weighted by Gasteiger charge is -2.07. The van der Waals surface area contributed by atoms with E-state index in [2.05, 4.69) is 5.32 Å². The van der Waals surface area contributed by atoms with Crippen LogP contribution in [0.1, 0.15) is 22.8 Å². The molecule has 0 unspecified atom stereocenters. The Bertz CT molecular complexity index is 938. The van der Waals surface area contributed by atoms with Gasteiger partial charge in [-0.3, -0.25) is 9.59 Å². The number of esters is 1. The van der Waals surface area contributed by atoms with Crippen molar-refractivity contribution in [1.82, 2.24) is 0 Å². The molecule has 1 N–H and O–H groups in total. The summed E-state index contributed by atoms with van der Waals surface area (Å²) in [5, 5.41) is 11.7. The summed E-state index contributed by atoms with van der Waals surface area (Å²) in [6.07, 6.45) is 1.36. The topological polar surface area (TPSA) is 105 Å². The van der Waals surface area contributed by atoms with Crippen molar-refractivity contribution in [3.05, 3.63) is 65.2 Å². The van der Waals surface area contributed by atoms with E-state index in [0.717, 1.165) is 0 Å². The summed E-state index contributed by atoms with van der Waals surface area (Å²) >= 11 is 0.